The molecule has 2 N–H and O–H groups in total. The molecule has 0 bridgehead atoms. The minimum atomic E-state index is -3.87. The maximum atomic E-state index is 12.9. The molecule has 0 spiro atoms. The normalized spacial score (nSPS) is 11.9. The molecular formula is C24H20ClN3O5S. The van der Waals surface area contributed by atoms with Gasteiger partial charge < -0.3 is 14.5 Å². The number of carbonyl (C=O) groups is 1. The molecule has 174 valence electrons. The van der Waals surface area contributed by atoms with Gasteiger partial charge in [0, 0.05) is 16.9 Å². The van der Waals surface area contributed by atoms with Crippen molar-refractivity contribution in [3.8, 4) is 5.75 Å². The number of methoxy groups -OCH3 is 1. The molecule has 0 atom stereocenters. The molecule has 0 aliphatic carbocycles. The third-order valence-electron chi connectivity index (χ3n) is 4.86. The third kappa shape index (κ3) is 5.05. The Morgan fingerprint density at radius 1 is 1.12 bits per heavy atom. The smallest absolute Gasteiger partial charge is 0.261 e. The van der Waals surface area contributed by atoms with E-state index in [1.54, 1.807) is 36.4 Å². The third-order valence-corrected chi connectivity index (χ3v) is 6.47. The quantitative estimate of drug-likeness (QED) is 0.252. The summed E-state index contributed by atoms with van der Waals surface area (Å²) >= 11 is 5.98. The number of allylic oxidation sites excluding steroid dienone is 1. The maximum absolute atomic E-state index is 12.9. The molecule has 1 aromatic heterocycles. The van der Waals surface area contributed by atoms with Crippen LogP contribution in [0.15, 0.2) is 76.2 Å². The van der Waals surface area contributed by atoms with E-state index in [0.29, 0.717) is 39.5 Å². The number of hydrogen-bond donors (Lipinski definition) is 2. The van der Waals surface area contributed by atoms with E-state index in [0.717, 1.165) is 5.56 Å². The van der Waals surface area contributed by atoms with Crippen molar-refractivity contribution in [2.24, 2.45) is 0 Å². The molecule has 3 aromatic carbocycles. The Labute approximate surface area is 201 Å². The van der Waals surface area contributed by atoms with E-state index in [9.17, 15) is 13.2 Å². The largest absolute Gasteiger partial charge is 0.495 e. The molecule has 10 heteroatoms. The average molecular weight is 498 g/mol. The first kappa shape index (κ1) is 23.3. The number of oxazole rings is 1. The summed E-state index contributed by atoms with van der Waals surface area (Å²) in [4.78, 5) is 16.0. The number of aromatic nitrogens is 1. The van der Waals surface area contributed by atoms with Crippen molar-refractivity contribution < 1.29 is 22.4 Å². The summed E-state index contributed by atoms with van der Waals surface area (Å²) in [5.41, 5.74) is 2.78. The summed E-state index contributed by atoms with van der Waals surface area (Å²) in [6.45, 7) is 1.87. The van der Waals surface area contributed by atoms with Crippen LogP contribution in [0.25, 0.3) is 16.7 Å². The first-order valence-corrected chi connectivity index (χ1v) is 11.9. The Hall–Kier alpha value is -3.82. The molecule has 0 aliphatic heterocycles. The highest BCUT2D eigenvalue weighted by Gasteiger charge is 2.17. The van der Waals surface area contributed by atoms with E-state index in [4.69, 9.17) is 20.8 Å². The minimum absolute atomic E-state index is 0.00913. The fraction of sp³-hybridized carbons (Fsp3) is 0.0833. The molecule has 0 unspecified atom stereocenters. The lowest BCUT2D eigenvalue weighted by atomic mass is 10.2. The van der Waals surface area contributed by atoms with E-state index in [-0.39, 0.29) is 16.4 Å². The van der Waals surface area contributed by atoms with Crippen molar-refractivity contribution in [2.75, 3.05) is 17.1 Å². The van der Waals surface area contributed by atoms with Crippen LogP contribution < -0.4 is 14.8 Å². The van der Waals surface area contributed by atoms with Crippen LogP contribution >= 0.6 is 11.6 Å². The fourth-order valence-electron chi connectivity index (χ4n) is 3.22. The molecule has 4 aromatic rings. The molecule has 0 saturated heterocycles. The maximum Gasteiger partial charge on any atom is 0.261 e. The average Bonchev–Trinajstić information content (AvgIpc) is 3.22. The zero-order valence-corrected chi connectivity index (χ0v) is 19.8. The van der Waals surface area contributed by atoms with Crippen molar-refractivity contribution >= 4 is 56.0 Å². The van der Waals surface area contributed by atoms with Crippen molar-refractivity contribution in [1.29, 1.82) is 0 Å². The monoisotopic (exact) mass is 497 g/mol. The van der Waals surface area contributed by atoms with Crippen molar-refractivity contribution in [1.82, 2.24) is 4.98 Å². The second-order valence-electron chi connectivity index (χ2n) is 7.33. The number of aldehydes is 1. The van der Waals surface area contributed by atoms with E-state index in [1.807, 2.05) is 13.0 Å². The van der Waals surface area contributed by atoms with Crippen LogP contribution in [0.2, 0.25) is 5.02 Å². The van der Waals surface area contributed by atoms with E-state index in [1.165, 1.54) is 31.5 Å². The van der Waals surface area contributed by atoms with Crippen LogP contribution in [0.3, 0.4) is 0 Å². The van der Waals surface area contributed by atoms with Gasteiger partial charge in [-0.2, -0.15) is 0 Å². The molecule has 0 amide bonds. The van der Waals surface area contributed by atoms with Gasteiger partial charge in [0.1, 0.15) is 11.3 Å². The first-order chi connectivity index (χ1) is 16.3. The Bertz CT molecular complexity index is 1510. The summed E-state index contributed by atoms with van der Waals surface area (Å²) < 4.78 is 39.4. The molecule has 0 aliphatic rings. The Morgan fingerprint density at radius 3 is 2.68 bits per heavy atom. The summed E-state index contributed by atoms with van der Waals surface area (Å²) in [5.74, 6) is 0.462. The number of aryl methyl sites for hydroxylation is 1. The van der Waals surface area contributed by atoms with Crippen LogP contribution in [0, 0.1) is 6.92 Å². The molecule has 8 nitrogen and oxygen atoms in total. The predicted octanol–water partition coefficient (Wildman–Crippen LogP) is 5.25. The van der Waals surface area contributed by atoms with Crippen molar-refractivity contribution in [3.05, 3.63) is 83.3 Å². The number of sulfonamides is 1. The minimum Gasteiger partial charge on any atom is -0.495 e. The molecule has 0 saturated carbocycles. The van der Waals surface area contributed by atoms with Gasteiger partial charge in [0.25, 0.3) is 10.0 Å². The highest BCUT2D eigenvalue weighted by molar-refractivity contribution is 7.92. The van der Waals surface area contributed by atoms with Gasteiger partial charge in [-0.1, -0.05) is 23.7 Å². The van der Waals surface area contributed by atoms with Crippen LogP contribution in [-0.2, 0) is 14.8 Å². The van der Waals surface area contributed by atoms with E-state index >= 15 is 0 Å². The molecule has 0 fully saturated rings. The number of halogens is 1. The Kier molecular flexibility index (Phi) is 6.58. The lowest BCUT2D eigenvalue weighted by Gasteiger charge is -2.13. The van der Waals surface area contributed by atoms with Gasteiger partial charge in [-0.05, 0) is 61.0 Å². The molecule has 34 heavy (non-hydrogen) atoms. The van der Waals surface area contributed by atoms with Gasteiger partial charge in [0.2, 0.25) is 5.89 Å². The fourth-order valence-corrected chi connectivity index (χ4v) is 4.46. The highest BCUT2D eigenvalue weighted by atomic mass is 35.5. The van der Waals surface area contributed by atoms with E-state index in [2.05, 4.69) is 15.0 Å². The number of nitrogens with zero attached hydrogens (tertiary/aromatic N) is 1. The zero-order valence-electron chi connectivity index (χ0n) is 18.2. The number of carbonyl (C=O) groups excluding carboxylic acids is 1. The SMILES string of the molecule is COc1ccc(S(=O)(=O)Nc2cccc(C)c2)cc1N/C=C(\C=O)c1nc2cc(Cl)ccc2o1. The Balaban J connectivity index is 1.64. The van der Waals surface area contributed by atoms with Gasteiger partial charge >= 0.3 is 0 Å². The standard InChI is InChI=1S/C24H20ClN3O5S/c1-15-4-3-5-18(10-15)28-34(30,31)19-7-9-22(32-2)20(12-19)26-13-16(14-29)24-27-21-11-17(25)6-8-23(21)33-24/h3-14,26,28H,1-2H3/b16-13+. The first-order valence-electron chi connectivity index (χ1n) is 10.0. The molecular weight excluding hydrogens is 478 g/mol. The number of anilines is 2. The van der Waals surface area contributed by atoms with Crippen LogP contribution in [-0.4, -0.2) is 26.8 Å². The molecule has 0 radical (unpaired) electrons. The number of nitrogens with one attached hydrogen (secondary N) is 2. The van der Waals surface area contributed by atoms with Gasteiger partial charge in [0.05, 0.1) is 23.3 Å². The number of benzene rings is 3. The second kappa shape index (κ2) is 9.58. The summed E-state index contributed by atoms with van der Waals surface area (Å²) in [6.07, 6.45) is 1.94. The van der Waals surface area contributed by atoms with Crippen LogP contribution in [0.5, 0.6) is 5.75 Å². The van der Waals surface area contributed by atoms with E-state index < -0.39 is 10.0 Å². The Morgan fingerprint density at radius 2 is 1.94 bits per heavy atom. The topological polar surface area (TPSA) is 111 Å². The number of fused-ring (bicyclic) bond motifs is 1. The lowest BCUT2D eigenvalue weighted by Crippen LogP contribution is -2.13. The van der Waals surface area contributed by atoms with Crippen LogP contribution in [0.1, 0.15) is 11.5 Å². The van der Waals surface area contributed by atoms with Gasteiger partial charge in [-0.15, -0.1) is 0 Å². The number of ether oxygens (including phenoxy) is 1. The predicted molar refractivity (Wildman–Crippen MR) is 132 cm³/mol. The molecule has 1 heterocycles. The van der Waals surface area contributed by atoms with Crippen molar-refractivity contribution in [3.63, 3.8) is 0 Å². The molecule has 4 rings (SSSR count). The van der Waals surface area contributed by atoms with Gasteiger partial charge in [-0.25, -0.2) is 13.4 Å². The summed E-state index contributed by atoms with van der Waals surface area (Å²) in [5, 5.41) is 3.41. The zero-order chi connectivity index (χ0) is 24.3. The number of rotatable bonds is 8. The van der Waals surface area contributed by atoms with Crippen molar-refractivity contribution in [2.45, 2.75) is 11.8 Å². The summed E-state index contributed by atoms with van der Waals surface area (Å²) in [7, 11) is -2.42. The highest BCUT2D eigenvalue weighted by Crippen LogP contribution is 2.30. The van der Waals surface area contributed by atoms with Gasteiger partial charge in [-0.3, -0.25) is 9.52 Å². The second-order valence-corrected chi connectivity index (χ2v) is 9.45. The number of hydrogen-bond acceptors (Lipinski definition) is 7. The summed E-state index contributed by atoms with van der Waals surface area (Å²) in [6, 6.07) is 16.3. The lowest BCUT2D eigenvalue weighted by molar-refractivity contribution is -0.103. The van der Waals surface area contributed by atoms with Gasteiger partial charge in [0.15, 0.2) is 11.9 Å². The van der Waals surface area contributed by atoms with Crippen LogP contribution in [0.4, 0.5) is 11.4 Å².